The lowest BCUT2D eigenvalue weighted by molar-refractivity contribution is -0.148. The lowest BCUT2D eigenvalue weighted by Crippen LogP contribution is -2.29. The number of hydrogen-bond donors (Lipinski definition) is 0. The van der Waals surface area contributed by atoms with E-state index < -0.39 is 18.3 Å². The molecule has 0 N–H and O–H groups in total. The Morgan fingerprint density at radius 1 is 1.18 bits per heavy atom. The molecule has 0 aliphatic rings. The van der Waals surface area contributed by atoms with Gasteiger partial charge in [0.15, 0.2) is 6.73 Å². The first-order valence-corrected chi connectivity index (χ1v) is 9.20. The number of carbonyl (C=O) groups excluding carboxylic acids is 1. The smallest absolute Gasteiger partial charge is 0.327 e. The standard InChI is InChI=1S/C18H15N5O4S/c1-10-11(2)28-16-15(10)18(26)22(8-19-16)7-14(24)27-9-23-17(25)12-5-3-4-6-13(12)20-21-23/h3-6,8H,7,9H2,1-2H3. The number of ether oxygens (including phenoxy) is 1. The van der Waals surface area contributed by atoms with Gasteiger partial charge in [0.25, 0.3) is 11.1 Å². The molecule has 3 aromatic heterocycles. The van der Waals surface area contributed by atoms with Gasteiger partial charge in [-0.1, -0.05) is 17.3 Å². The monoisotopic (exact) mass is 397 g/mol. The maximum absolute atomic E-state index is 12.6. The molecule has 9 nitrogen and oxygen atoms in total. The fourth-order valence-corrected chi connectivity index (χ4v) is 3.80. The molecule has 0 unspecified atom stereocenters. The van der Waals surface area contributed by atoms with Crippen LogP contribution in [-0.4, -0.2) is 30.5 Å². The van der Waals surface area contributed by atoms with Crippen molar-refractivity contribution in [1.82, 2.24) is 24.5 Å². The van der Waals surface area contributed by atoms with Gasteiger partial charge in [-0.15, -0.1) is 16.4 Å². The molecule has 10 heteroatoms. The average molecular weight is 397 g/mol. The van der Waals surface area contributed by atoms with E-state index in [1.165, 1.54) is 22.2 Å². The zero-order valence-electron chi connectivity index (χ0n) is 15.1. The lowest BCUT2D eigenvalue weighted by atomic mass is 10.2. The van der Waals surface area contributed by atoms with Crippen LogP contribution in [0, 0.1) is 13.8 Å². The molecule has 4 aromatic rings. The molecule has 0 bridgehead atoms. The molecule has 0 saturated carbocycles. The zero-order chi connectivity index (χ0) is 19.8. The number of esters is 1. The van der Waals surface area contributed by atoms with Crippen LogP contribution in [0.5, 0.6) is 0 Å². The van der Waals surface area contributed by atoms with Crippen molar-refractivity contribution >= 4 is 38.4 Å². The van der Waals surface area contributed by atoms with Gasteiger partial charge in [0.1, 0.15) is 16.9 Å². The second-order valence-electron chi connectivity index (χ2n) is 6.20. The van der Waals surface area contributed by atoms with Crippen LogP contribution < -0.4 is 11.1 Å². The van der Waals surface area contributed by atoms with Crippen molar-refractivity contribution in [2.45, 2.75) is 27.1 Å². The number of hydrogen-bond acceptors (Lipinski definition) is 8. The molecule has 0 atom stereocenters. The van der Waals surface area contributed by atoms with Gasteiger partial charge in [0.2, 0.25) is 0 Å². The van der Waals surface area contributed by atoms with Crippen molar-refractivity contribution in [1.29, 1.82) is 0 Å². The van der Waals surface area contributed by atoms with Crippen molar-refractivity contribution in [3.8, 4) is 0 Å². The highest BCUT2D eigenvalue weighted by atomic mass is 32.1. The normalized spacial score (nSPS) is 11.2. The van der Waals surface area contributed by atoms with Gasteiger partial charge in [0, 0.05) is 4.88 Å². The second-order valence-corrected chi connectivity index (χ2v) is 7.40. The van der Waals surface area contributed by atoms with Crippen LogP contribution in [0.1, 0.15) is 10.4 Å². The molecule has 0 radical (unpaired) electrons. The fraction of sp³-hybridized carbons (Fsp3) is 0.222. The number of benzene rings is 1. The summed E-state index contributed by atoms with van der Waals surface area (Å²) < 4.78 is 7.25. The third kappa shape index (κ3) is 3.07. The number of thiophene rings is 1. The highest BCUT2D eigenvalue weighted by Gasteiger charge is 2.15. The van der Waals surface area contributed by atoms with Crippen LogP contribution in [0.25, 0.3) is 21.1 Å². The summed E-state index contributed by atoms with van der Waals surface area (Å²) in [5.41, 5.74) is 0.607. The Morgan fingerprint density at radius 2 is 1.96 bits per heavy atom. The Bertz CT molecular complexity index is 1340. The van der Waals surface area contributed by atoms with E-state index in [1.54, 1.807) is 24.3 Å². The summed E-state index contributed by atoms with van der Waals surface area (Å²) in [6.45, 7) is 3.06. The van der Waals surface area contributed by atoms with E-state index in [9.17, 15) is 14.4 Å². The maximum Gasteiger partial charge on any atom is 0.327 e. The highest BCUT2D eigenvalue weighted by Crippen LogP contribution is 2.25. The second kappa shape index (κ2) is 6.97. The minimum atomic E-state index is -0.685. The molecule has 0 aliphatic carbocycles. The Balaban J connectivity index is 1.53. The van der Waals surface area contributed by atoms with Crippen molar-refractivity contribution in [2.24, 2.45) is 0 Å². The zero-order valence-corrected chi connectivity index (χ0v) is 15.9. The number of carbonyl (C=O) groups is 1. The number of fused-ring (bicyclic) bond motifs is 2. The Labute approximate surface area is 161 Å². The van der Waals surface area contributed by atoms with E-state index in [4.69, 9.17) is 4.74 Å². The molecule has 1 aromatic carbocycles. The third-order valence-electron chi connectivity index (χ3n) is 4.43. The number of nitrogens with zero attached hydrogens (tertiary/aromatic N) is 5. The summed E-state index contributed by atoms with van der Waals surface area (Å²) in [5, 5.41) is 8.56. The lowest BCUT2D eigenvalue weighted by Gasteiger charge is -2.08. The predicted molar refractivity (Wildman–Crippen MR) is 103 cm³/mol. The van der Waals surface area contributed by atoms with Crippen LogP contribution in [0.4, 0.5) is 0 Å². The quantitative estimate of drug-likeness (QED) is 0.479. The van der Waals surface area contributed by atoms with Gasteiger partial charge in [-0.05, 0) is 31.5 Å². The summed E-state index contributed by atoms with van der Waals surface area (Å²) in [7, 11) is 0. The molecule has 0 saturated heterocycles. The molecule has 0 aliphatic heterocycles. The van der Waals surface area contributed by atoms with Gasteiger partial charge < -0.3 is 4.74 Å². The minimum absolute atomic E-state index is 0.300. The van der Waals surface area contributed by atoms with Crippen LogP contribution in [0.3, 0.4) is 0 Å². The molecule has 28 heavy (non-hydrogen) atoms. The summed E-state index contributed by atoms with van der Waals surface area (Å²) in [5.74, 6) is -0.685. The van der Waals surface area contributed by atoms with Gasteiger partial charge in [-0.3, -0.25) is 19.0 Å². The first-order chi connectivity index (χ1) is 13.5. The van der Waals surface area contributed by atoms with E-state index >= 15 is 0 Å². The first-order valence-electron chi connectivity index (χ1n) is 8.39. The summed E-state index contributed by atoms with van der Waals surface area (Å²) in [4.78, 5) is 43.0. The van der Waals surface area contributed by atoms with Crippen LogP contribution in [-0.2, 0) is 22.8 Å². The highest BCUT2D eigenvalue weighted by molar-refractivity contribution is 7.18. The van der Waals surface area contributed by atoms with Gasteiger partial charge in [0.05, 0.1) is 17.1 Å². The van der Waals surface area contributed by atoms with Crippen molar-refractivity contribution < 1.29 is 9.53 Å². The third-order valence-corrected chi connectivity index (χ3v) is 5.55. The summed E-state index contributed by atoms with van der Waals surface area (Å²) in [6.07, 6.45) is 1.32. The first kappa shape index (κ1) is 18.0. The van der Waals surface area contributed by atoms with Gasteiger partial charge in [-0.25, -0.2) is 4.98 Å². The number of aryl methyl sites for hydroxylation is 2. The number of aromatic nitrogens is 5. The van der Waals surface area contributed by atoms with Crippen molar-refractivity contribution in [2.75, 3.05) is 0 Å². The molecule has 3 heterocycles. The van der Waals surface area contributed by atoms with E-state index in [-0.39, 0.29) is 12.1 Å². The average Bonchev–Trinajstić information content (AvgIpc) is 2.98. The SMILES string of the molecule is Cc1sc2ncn(CC(=O)OCn3nnc4ccccc4c3=O)c(=O)c2c1C. The van der Waals surface area contributed by atoms with E-state index in [2.05, 4.69) is 15.3 Å². The Morgan fingerprint density at radius 3 is 2.79 bits per heavy atom. The van der Waals surface area contributed by atoms with Gasteiger partial charge >= 0.3 is 5.97 Å². The molecular formula is C18H15N5O4S. The van der Waals surface area contributed by atoms with Crippen molar-refractivity contribution in [3.63, 3.8) is 0 Å². The Kier molecular flexibility index (Phi) is 4.47. The van der Waals surface area contributed by atoms with E-state index in [0.717, 1.165) is 15.1 Å². The van der Waals surface area contributed by atoms with Crippen molar-refractivity contribution in [3.05, 3.63) is 61.7 Å². The van der Waals surface area contributed by atoms with Crippen LogP contribution in [0.2, 0.25) is 0 Å². The van der Waals surface area contributed by atoms with E-state index in [1.807, 2.05) is 13.8 Å². The largest absolute Gasteiger partial charge is 0.441 e. The van der Waals surface area contributed by atoms with Crippen LogP contribution >= 0.6 is 11.3 Å². The summed E-state index contributed by atoms with van der Waals surface area (Å²) in [6, 6.07) is 6.76. The van der Waals surface area contributed by atoms with Gasteiger partial charge in [-0.2, -0.15) is 4.68 Å². The summed E-state index contributed by atoms with van der Waals surface area (Å²) >= 11 is 1.44. The Hall–Kier alpha value is -3.40. The van der Waals surface area contributed by atoms with E-state index in [0.29, 0.717) is 21.1 Å². The molecule has 0 spiro atoms. The molecule has 0 fully saturated rings. The minimum Gasteiger partial charge on any atom is -0.441 e. The molecule has 4 rings (SSSR count). The fourth-order valence-electron chi connectivity index (χ4n) is 2.81. The molecule has 0 amide bonds. The molecular weight excluding hydrogens is 382 g/mol. The maximum atomic E-state index is 12.6. The number of rotatable bonds is 4. The topological polar surface area (TPSA) is 109 Å². The predicted octanol–water partition coefficient (Wildman–Crippen LogP) is 1.38. The molecule has 142 valence electrons. The van der Waals surface area contributed by atoms with Crippen LogP contribution in [0.15, 0.2) is 40.2 Å².